The fraction of sp³-hybridized carbons (Fsp3) is 0.118. The summed E-state index contributed by atoms with van der Waals surface area (Å²) in [5.74, 6) is -3.86. The Bertz CT molecular complexity index is 849. The molecule has 2 aromatic rings. The molecule has 24 heavy (non-hydrogen) atoms. The molecule has 1 unspecified atom stereocenters. The lowest BCUT2D eigenvalue weighted by Crippen LogP contribution is -2.41. The number of nitrogens with one attached hydrogen (secondary N) is 1. The molecule has 1 amide bonds. The Hall–Kier alpha value is -2.86. The molecule has 0 radical (unpaired) electrons. The van der Waals surface area contributed by atoms with Crippen molar-refractivity contribution in [2.75, 3.05) is 5.32 Å². The largest absolute Gasteiger partial charge is 0.508 e. The van der Waals surface area contributed by atoms with Gasteiger partial charge in [-0.15, -0.1) is 0 Å². The van der Waals surface area contributed by atoms with Crippen LogP contribution in [0.25, 0.3) is 0 Å². The van der Waals surface area contributed by atoms with E-state index >= 15 is 0 Å². The fourth-order valence-corrected chi connectivity index (χ4v) is 2.58. The summed E-state index contributed by atoms with van der Waals surface area (Å²) in [6.07, 6.45) is 0. The maximum Gasteiger partial charge on any atom is 0.326 e. The first-order valence-corrected chi connectivity index (χ1v) is 7.42. The molecule has 122 valence electrons. The molecular formula is C17H12ClNO5. The van der Waals surface area contributed by atoms with Crippen molar-refractivity contribution in [2.45, 2.75) is 6.61 Å². The van der Waals surface area contributed by atoms with Gasteiger partial charge in [0.05, 0.1) is 5.69 Å². The van der Waals surface area contributed by atoms with Crippen LogP contribution in [0.3, 0.4) is 0 Å². The predicted molar refractivity (Wildman–Crippen MR) is 85.8 cm³/mol. The van der Waals surface area contributed by atoms with Crippen molar-refractivity contribution in [1.29, 1.82) is 0 Å². The number of carbonyl (C=O) groups is 3. The minimum absolute atomic E-state index is 0.0286. The lowest BCUT2D eigenvalue weighted by molar-refractivity contribution is -0.150. The number of halogens is 1. The van der Waals surface area contributed by atoms with Crippen LogP contribution in [0.4, 0.5) is 5.69 Å². The fourth-order valence-electron chi connectivity index (χ4n) is 2.41. The second-order valence-electron chi connectivity index (χ2n) is 5.25. The minimum atomic E-state index is -1.56. The second-order valence-corrected chi connectivity index (χ2v) is 5.69. The van der Waals surface area contributed by atoms with Gasteiger partial charge in [-0.25, -0.2) is 0 Å². The molecule has 0 saturated heterocycles. The average Bonchev–Trinajstić information content (AvgIpc) is 2.52. The van der Waals surface area contributed by atoms with Gasteiger partial charge in [-0.05, 0) is 35.9 Å². The third-order valence-electron chi connectivity index (χ3n) is 3.56. The third-order valence-corrected chi connectivity index (χ3v) is 3.79. The molecule has 3 rings (SSSR count). The van der Waals surface area contributed by atoms with Crippen molar-refractivity contribution in [2.24, 2.45) is 5.92 Å². The summed E-state index contributed by atoms with van der Waals surface area (Å²) in [4.78, 5) is 36.6. The lowest BCUT2D eigenvalue weighted by Gasteiger charge is -2.22. The number of benzene rings is 2. The number of rotatable bonds is 3. The highest BCUT2D eigenvalue weighted by Gasteiger charge is 2.41. The van der Waals surface area contributed by atoms with Crippen LogP contribution in [0.2, 0.25) is 5.02 Å². The Morgan fingerprint density at radius 3 is 2.75 bits per heavy atom. The second kappa shape index (κ2) is 6.33. The van der Waals surface area contributed by atoms with Gasteiger partial charge in [0, 0.05) is 10.6 Å². The van der Waals surface area contributed by atoms with Crippen LogP contribution in [-0.4, -0.2) is 22.8 Å². The van der Waals surface area contributed by atoms with Crippen LogP contribution in [0.1, 0.15) is 15.9 Å². The normalized spacial score (nSPS) is 16.3. The van der Waals surface area contributed by atoms with E-state index in [9.17, 15) is 19.5 Å². The molecule has 0 fully saturated rings. The topological polar surface area (TPSA) is 92.7 Å². The van der Waals surface area contributed by atoms with E-state index in [0.717, 1.165) is 0 Å². The van der Waals surface area contributed by atoms with Gasteiger partial charge in [0.15, 0.2) is 11.7 Å². The van der Waals surface area contributed by atoms with Crippen LogP contribution in [-0.2, 0) is 20.9 Å². The van der Waals surface area contributed by atoms with Crippen LogP contribution < -0.4 is 5.32 Å². The van der Waals surface area contributed by atoms with Gasteiger partial charge in [0.1, 0.15) is 12.4 Å². The molecule has 0 aliphatic carbocycles. The summed E-state index contributed by atoms with van der Waals surface area (Å²) in [5.41, 5.74) is 1.02. The number of ketones is 1. The maximum atomic E-state index is 12.4. The molecule has 1 aliphatic rings. The van der Waals surface area contributed by atoms with Gasteiger partial charge in [0.25, 0.3) is 0 Å². The maximum absolute atomic E-state index is 12.4. The first-order valence-electron chi connectivity index (χ1n) is 7.05. The summed E-state index contributed by atoms with van der Waals surface area (Å²) in [7, 11) is 0. The Balaban J connectivity index is 1.76. The van der Waals surface area contributed by atoms with Crippen LogP contribution in [0, 0.1) is 5.92 Å². The van der Waals surface area contributed by atoms with Crippen molar-refractivity contribution in [3.8, 4) is 5.75 Å². The number of phenols is 1. The van der Waals surface area contributed by atoms with Crippen LogP contribution in [0.5, 0.6) is 5.75 Å². The van der Waals surface area contributed by atoms with E-state index in [4.69, 9.17) is 16.3 Å². The molecule has 0 bridgehead atoms. The Morgan fingerprint density at radius 2 is 2.00 bits per heavy atom. The van der Waals surface area contributed by atoms with Crippen molar-refractivity contribution in [3.63, 3.8) is 0 Å². The molecular weight excluding hydrogens is 334 g/mol. The molecule has 7 heteroatoms. The molecule has 0 aromatic heterocycles. The summed E-state index contributed by atoms with van der Waals surface area (Å²) >= 11 is 5.83. The molecule has 0 spiro atoms. The monoisotopic (exact) mass is 345 g/mol. The van der Waals surface area contributed by atoms with Gasteiger partial charge in [0.2, 0.25) is 5.91 Å². The number of amides is 1. The zero-order valence-electron chi connectivity index (χ0n) is 12.3. The molecule has 2 aromatic carbocycles. The van der Waals surface area contributed by atoms with Crippen molar-refractivity contribution in [3.05, 3.63) is 58.6 Å². The molecule has 1 aliphatic heterocycles. The zero-order chi connectivity index (χ0) is 17.3. The number of carbonyl (C=O) groups excluding carboxylic acids is 3. The molecule has 0 saturated carbocycles. The van der Waals surface area contributed by atoms with E-state index in [1.807, 2.05) is 0 Å². The van der Waals surface area contributed by atoms with E-state index < -0.39 is 23.6 Å². The molecule has 1 atom stereocenters. The van der Waals surface area contributed by atoms with E-state index in [1.54, 1.807) is 12.1 Å². The number of hydrogen-bond donors (Lipinski definition) is 2. The zero-order valence-corrected chi connectivity index (χ0v) is 13.0. The molecule has 6 nitrogen and oxygen atoms in total. The van der Waals surface area contributed by atoms with Gasteiger partial charge < -0.3 is 15.2 Å². The van der Waals surface area contributed by atoms with Gasteiger partial charge >= 0.3 is 5.97 Å². The number of anilines is 1. The highest BCUT2D eigenvalue weighted by atomic mass is 35.5. The van der Waals surface area contributed by atoms with Gasteiger partial charge in [-0.1, -0.05) is 23.7 Å². The number of hydrogen-bond acceptors (Lipinski definition) is 5. The SMILES string of the molecule is O=C1Nc2cc(Cl)ccc2C(=O)C1C(=O)OCc1cccc(O)c1. The Kier molecular flexibility index (Phi) is 4.22. The van der Waals surface area contributed by atoms with E-state index in [0.29, 0.717) is 10.6 Å². The average molecular weight is 346 g/mol. The summed E-state index contributed by atoms with van der Waals surface area (Å²) in [6, 6.07) is 10.5. The smallest absolute Gasteiger partial charge is 0.326 e. The predicted octanol–water partition coefficient (Wildman–Crippen LogP) is 2.54. The summed E-state index contributed by atoms with van der Waals surface area (Å²) in [5, 5.41) is 12.2. The first kappa shape index (κ1) is 16.0. The van der Waals surface area contributed by atoms with Crippen molar-refractivity contribution in [1.82, 2.24) is 0 Å². The molecule has 2 N–H and O–H groups in total. The highest BCUT2D eigenvalue weighted by Crippen LogP contribution is 2.29. The quantitative estimate of drug-likeness (QED) is 0.658. The van der Waals surface area contributed by atoms with E-state index in [-0.39, 0.29) is 23.6 Å². The van der Waals surface area contributed by atoms with Crippen LogP contribution in [0.15, 0.2) is 42.5 Å². The number of phenolic OH excluding ortho intramolecular Hbond substituents is 1. The van der Waals surface area contributed by atoms with Crippen molar-refractivity contribution < 1.29 is 24.2 Å². The first-order chi connectivity index (χ1) is 11.5. The minimum Gasteiger partial charge on any atom is -0.508 e. The van der Waals surface area contributed by atoms with Gasteiger partial charge in [-0.3, -0.25) is 14.4 Å². The lowest BCUT2D eigenvalue weighted by atomic mass is 9.92. The molecule has 1 heterocycles. The number of Topliss-reactive ketones (excluding diaryl/α,β-unsaturated/α-hetero) is 1. The van der Waals surface area contributed by atoms with Crippen molar-refractivity contribution >= 4 is 34.9 Å². The summed E-state index contributed by atoms with van der Waals surface area (Å²) < 4.78 is 5.04. The number of esters is 1. The Morgan fingerprint density at radius 1 is 1.21 bits per heavy atom. The number of fused-ring (bicyclic) bond motifs is 1. The third kappa shape index (κ3) is 3.09. The summed E-state index contributed by atoms with van der Waals surface area (Å²) in [6.45, 7) is -0.155. The van der Waals surface area contributed by atoms with E-state index in [2.05, 4.69) is 5.32 Å². The highest BCUT2D eigenvalue weighted by molar-refractivity contribution is 6.33. The van der Waals surface area contributed by atoms with E-state index in [1.165, 1.54) is 30.3 Å². The number of ether oxygens (including phenoxy) is 1. The Labute approximate surface area is 142 Å². The van der Waals surface area contributed by atoms with Gasteiger partial charge in [-0.2, -0.15) is 0 Å². The standard InChI is InChI=1S/C17H12ClNO5/c18-10-4-5-12-13(7-10)19-16(22)14(15(12)21)17(23)24-8-9-2-1-3-11(20)6-9/h1-7,14,20H,8H2,(H,19,22). The number of aromatic hydroxyl groups is 1. The van der Waals surface area contributed by atoms with Crippen LogP contribution >= 0.6 is 11.6 Å².